The summed E-state index contributed by atoms with van der Waals surface area (Å²) in [5, 5.41) is 6.69. The van der Waals surface area contributed by atoms with E-state index >= 15 is 0 Å². The summed E-state index contributed by atoms with van der Waals surface area (Å²) in [6.45, 7) is 0. The Morgan fingerprint density at radius 2 is 2.08 bits per heavy atom. The number of nitrogens with two attached hydrogens (primary N) is 1. The molecule has 0 saturated carbocycles. The fourth-order valence-electron chi connectivity index (χ4n) is 2.14. The Labute approximate surface area is 149 Å². The normalized spacial score (nSPS) is 10.9. The number of anilines is 2. The molecule has 6 nitrogen and oxygen atoms in total. The van der Waals surface area contributed by atoms with E-state index in [1.807, 2.05) is 0 Å². The predicted octanol–water partition coefficient (Wildman–Crippen LogP) is 3.80. The van der Waals surface area contributed by atoms with Crippen LogP contribution < -0.4 is 11.1 Å². The van der Waals surface area contributed by atoms with Crippen LogP contribution in [0.2, 0.25) is 0 Å². The standard InChI is InChI=1S/C16H12BrF2N5O/c17-10-4-11(20)6-12(5-10)22-16(25)9-7-21-24(8-9)14-3-1-2-13(23-14)15(18)19/h1-8,15H,20H2,(H,22,25). The summed E-state index contributed by atoms with van der Waals surface area (Å²) in [4.78, 5) is 16.1. The maximum atomic E-state index is 12.7. The molecule has 1 aromatic carbocycles. The Morgan fingerprint density at radius 1 is 1.28 bits per heavy atom. The zero-order chi connectivity index (χ0) is 18.0. The zero-order valence-corrected chi connectivity index (χ0v) is 14.2. The first-order valence-corrected chi connectivity index (χ1v) is 7.89. The predicted molar refractivity (Wildman–Crippen MR) is 92.8 cm³/mol. The molecule has 0 aliphatic rings. The van der Waals surface area contributed by atoms with Gasteiger partial charge in [0.05, 0.1) is 11.8 Å². The van der Waals surface area contributed by atoms with Crippen LogP contribution in [-0.4, -0.2) is 20.7 Å². The largest absolute Gasteiger partial charge is 0.399 e. The van der Waals surface area contributed by atoms with Crippen molar-refractivity contribution < 1.29 is 13.6 Å². The number of carbonyl (C=O) groups excluding carboxylic acids is 1. The first kappa shape index (κ1) is 17.0. The second kappa shape index (κ2) is 6.98. The Kier molecular flexibility index (Phi) is 4.75. The van der Waals surface area contributed by atoms with Crippen molar-refractivity contribution in [3.63, 3.8) is 0 Å². The van der Waals surface area contributed by atoms with Crippen molar-refractivity contribution in [2.24, 2.45) is 0 Å². The van der Waals surface area contributed by atoms with E-state index in [1.165, 1.54) is 35.3 Å². The van der Waals surface area contributed by atoms with Crippen LogP contribution in [0.15, 0.2) is 53.3 Å². The van der Waals surface area contributed by atoms with Crippen molar-refractivity contribution in [2.75, 3.05) is 11.1 Å². The molecular weight excluding hydrogens is 396 g/mol. The van der Waals surface area contributed by atoms with Gasteiger partial charge in [-0.2, -0.15) is 5.10 Å². The molecule has 0 aliphatic carbocycles. The third-order valence-electron chi connectivity index (χ3n) is 3.24. The summed E-state index contributed by atoms with van der Waals surface area (Å²) >= 11 is 3.29. The molecule has 2 aromatic heterocycles. The molecule has 128 valence electrons. The smallest absolute Gasteiger partial charge is 0.280 e. The average molecular weight is 408 g/mol. The average Bonchev–Trinajstić information content (AvgIpc) is 3.04. The van der Waals surface area contributed by atoms with Gasteiger partial charge in [-0.25, -0.2) is 18.4 Å². The fraction of sp³-hybridized carbons (Fsp3) is 0.0625. The number of nitrogens with one attached hydrogen (secondary N) is 1. The highest BCUT2D eigenvalue weighted by atomic mass is 79.9. The number of pyridine rings is 1. The minimum atomic E-state index is -2.68. The molecule has 3 N–H and O–H groups in total. The molecule has 3 rings (SSSR count). The number of rotatable bonds is 4. The molecule has 0 bridgehead atoms. The lowest BCUT2D eigenvalue weighted by molar-refractivity contribution is 0.102. The number of nitrogens with zero attached hydrogens (tertiary/aromatic N) is 3. The molecule has 25 heavy (non-hydrogen) atoms. The van der Waals surface area contributed by atoms with Crippen LogP contribution in [0.5, 0.6) is 0 Å². The molecular formula is C16H12BrF2N5O. The number of nitrogen functional groups attached to an aromatic ring is 1. The van der Waals surface area contributed by atoms with Crippen LogP contribution in [0.25, 0.3) is 5.82 Å². The Hall–Kier alpha value is -2.81. The topological polar surface area (TPSA) is 85.8 Å². The van der Waals surface area contributed by atoms with Crippen LogP contribution >= 0.6 is 15.9 Å². The minimum Gasteiger partial charge on any atom is -0.399 e. The number of halogens is 3. The summed E-state index contributed by atoms with van der Waals surface area (Å²) in [5.74, 6) is -0.211. The monoisotopic (exact) mass is 407 g/mol. The quantitative estimate of drug-likeness (QED) is 0.643. The summed E-state index contributed by atoms with van der Waals surface area (Å²) in [6, 6.07) is 9.22. The van der Waals surface area contributed by atoms with Crippen LogP contribution in [0.3, 0.4) is 0 Å². The SMILES string of the molecule is Nc1cc(Br)cc(NC(=O)c2cnn(-c3cccc(C(F)F)n3)c2)c1. The lowest BCUT2D eigenvalue weighted by Gasteiger charge is -2.05. The molecule has 0 spiro atoms. The molecule has 0 atom stereocenters. The molecule has 0 fully saturated rings. The van der Waals surface area contributed by atoms with Crippen molar-refractivity contribution >= 4 is 33.2 Å². The zero-order valence-electron chi connectivity index (χ0n) is 12.7. The van der Waals surface area contributed by atoms with Crippen LogP contribution in [-0.2, 0) is 0 Å². The van der Waals surface area contributed by atoms with Crippen LogP contribution in [0, 0.1) is 0 Å². The van der Waals surface area contributed by atoms with Gasteiger partial charge in [-0.1, -0.05) is 22.0 Å². The molecule has 9 heteroatoms. The Morgan fingerprint density at radius 3 is 2.80 bits per heavy atom. The van der Waals surface area contributed by atoms with E-state index in [-0.39, 0.29) is 17.1 Å². The van der Waals surface area contributed by atoms with E-state index in [9.17, 15) is 13.6 Å². The van der Waals surface area contributed by atoms with E-state index in [2.05, 4.69) is 31.3 Å². The number of hydrogen-bond acceptors (Lipinski definition) is 4. The lowest BCUT2D eigenvalue weighted by Crippen LogP contribution is -2.11. The third-order valence-corrected chi connectivity index (χ3v) is 3.69. The summed E-state index contributed by atoms with van der Waals surface area (Å²) in [5.41, 5.74) is 6.63. The maximum absolute atomic E-state index is 12.7. The number of alkyl halides is 2. The number of hydrogen-bond donors (Lipinski definition) is 2. The van der Waals surface area contributed by atoms with Crippen LogP contribution in [0.4, 0.5) is 20.2 Å². The second-order valence-corrected chi connectivity index (χ2v) is 6.04. The van der Waals surface area contributed by atoms with Crippen molar-refractivity contribution in [3.05, 3.63) is 64.5 Å². The molecule has 0 aliphatic heterocycles. The second-order valence-electron chi connectivity index (χ2n) is 5.12. The van der Waals surface area contributed by atoms with Gasteiger partial charge in [0.2, 0.25) is 0 Å². The summed E-state index contributed by atoms with van der Waals surface area (Å²) in [6.07, 6.45) is 0.0575. The molecule has 2 heterocycles. The highest BCUT2D eigenvalue weighted by Gasteiger charge is 2.13. The first-order valence-electron chi connectivity index (χ1n) is 7.10. The molecule has 1 amide bonds. The van der Waals surface area contributed by atoms with Gasteiger partial charge in [0.15, 0.2) is 5.82 Å². The highest BCUT2D eigenvalue weighted by Crippen LogP contribution is 2.22. The molecule has 3 aromatic rings. The van der Waals surface area contributed by atoms with Gasteiger partial charge >= 0.3 is 0 Å². The molecule has 0 saturated heterocycles. The van der Waals surface area contributed by atoms with E-state index in [4.69, 9.17) is 5.73 Å². The fourth-order valence-corrected chi connectivity index (χ4v) is 2.65. The van der Waals surface area contributed by atoms with Crippen molar-refractivity contribution in [2.45, 2.75) is 6.43 Å². The van der Waals surface area contributed by atoms with Gasteiger partial charge in [-0.15, -0.1) is 0 Å². The Bertz CT molecular complexity index is 908. The summed E-state index contributed by atoms with van der Waals surface area (Å²) in [7, 11) is 0. The maximum Gasteiger partial charge on any atom is 0.280 e. The number of aromatic nitrogens is 3. The third kappa shape index (κ3) is 4.00. The van der Waals surface area contributed by atoms with E-state index in [0.29, 0.717) is 11.4 Å². The van der Waals surface area contributed by atoms with Crippen molar-refractivity contribution in [1.82, 2.24) is 14.8 Å². The lowest BCUT2D eigenvalue weighted by atomic mass is 10.2. The van der Waals surface area contributed by atoms with Gasteiger partial charge < -0.3 is 11.1 Å². The number of benzene rings is 1. The van der Waals surface area contributed by atoms with Crippen molar-refractivity contribution in [3.8, 4) is 5.82 Å². The van der Waals surface area contributed by atoms with E-state index in [0.717, 1.165) is 4.47 Å². The summed E-state index contributed by atoms with van der Waals surface area (Å²) < 4.78 is 27.5. The molecule has 0 radical (unpaired) electrons. The number of carbonyl (C=O) groups is 1. The van der Waals surface area contributed by atoms with E-state index in [1.54, 1.807) is 18.2 Å². The van der Waals surface area contributed by atoms with Gasteiger partial charge in [0.1, 0.15) is 5.69 Å². The van der Waals surface area contributed by atoms with Gasteiger partial charge in [-0.3, -0.25) is 4.79 Å². The van der Waals surface area contributed by atoms with Gasteiger partial charge in [-0.05, 0) is 30.3 Å². The van der Waals surface area contributed by atoms with E-state index < -0.39 is 12.3 Å². The number of amides is 1. The molecule has 0 unspecified atom stereocenters. The van der Waals surface area contributed by atoms with Gasteiger partial charge in [0, 0.05) is 22.0 Å². The van der Waals surface area contributed by atoms with Gasteiger partial charge in [0.25, 0.3) is 12.3 Å². The minimum absolute atomic E-state index is 0.198. The van der Waals surface area contributed by atoms with Crippen molar-refractivity contribution in [1.29, 1.82) is 0 Å². The highest BCUT2D eigenvalue weighted by molar-refractivity contribution is 9.10. The van der Waals surface area contributed by atoms with Crippen LogP contribution in [0.1, 0.15) is 22.5 Å². The first-order chi connectivity index (χ1) is 11.9. The Balaban J connectivity index is 1.81.